The lowest BCUT2D eigenvalue weighted by Crippen LogP contribution is -2.43. The van der Waals surface area contributed by atoms with E-state index in [2.05, 4.69) is 16.7 Å². The quantitative estimate of drug-likeness (QED) is 0.890. The second-order valence-electron chi connectivity index (χ2n) is 5.80. The Labute approximate surface area is 136 Å². The van der Waals surface area contributed by atoms with Crippen LogP contribution in [0.25, 0.3) is 0 Å². The first-order valence-electron chi connectivity index (χ1n) is 8.02. The number of nitrogens with one attached hydrogen (secondary N) is 2. The first-order valence-corrected chi connectivity index (χ1v) is 8.02. The van der Waals surface area contributed by atoms with Crippen LogP contribution in [0.5, 0.6) is 5.75 Å². The number of carbonyl (C=O) groups excluding carboxylic acids is 1. The second kappa shape index (κ2) is 7.29. The molecule has 4 heteroatoms. The Morgan fingerprint density at radius 2 is 1.96 bits per heavy atom. The predicted octanol–water partition coefficient (Wildman–Crippen LogP) is 2.18. The number of benzene rings is 2. The summed E-state index contributed by atoms with van der Waals surface area (Å²) in [7, 11) is 1.92. The average Bonchev–Trinajstić information content (AvgIpc) is 2.60. The molecule has 0 aromatic heterocycles. The summed E-state index contributed by atoms with van der Waals surface area (Å²) in [6.45, 7) is 1.37. The Bertz CT molecular complexity index is 685. The lowest BCUT2D eigenvalue weighted by atomic mass is 10.0. The maximum absolute atomic E-state index is 12.6. The normalized spacial score (nSPS) is 16.3. The molecule has 3 rings (SSSR count). The lowest BCUT2D eigenvalue weighted by Gasteiger charge is -2.26. The number of rotatable bonds is 5. The predicted molar refractivity (Wildman–Crippen MR) is 91.0 cm³/mol. The van der Waals surface area contributed by atoms with E-state index in [-0.39, 0.29) is 11.9 Å². The van der Waals surface area contributed by atoms with E-state index in [1.807, 2.05) is 49.5 Å². The van der Waals surface area contributed by atoms with Crippen LogP contribution in [0.3, 0.4) is 0 Å². The average molecular weight is 310 g/mol. The first-order chi connectivity index (χ1) is 11.3. The molecular weight excluding hydrogens is 288 g/mol. The second-order valence-corrected chi connectivity index (χ2v) is 5.80. The number of carbonyl (C=O) groups is 1. The third-order valence-corrected chi connectivity index (χ3v) is 4.12. The van der Waals surface area contributed by atoms with Crippen LogP contribution in [-0.4, -0.2) is 32.1 Å². The molecule has 0 radical (unpaired) electrons. The van der Waals surface area contributed by atoms with Crippen molar-refractivity contribution in [3.63, 3.8) is 0 Å². The molecule has 0 spiro atoms. The van der Waals surface area contributed by atoms with Crippen LogP contribution in [0.2, 0.25) is 0 Å². The van der Waals surface area contributed by atoms with Crippen LogP contribution in [0.4, 0.5) is 0 Å². The highest BCUT2D eigenvalue weighted by molar-refractivity contribution is 5.95. The summed E-state index contributed by atoms with van der Waals surface area (Å²) in [5.74, 6) is 0.900. The van der Waals surface area contributed by atoms with Gasteiger partial charge in [-0.1, -0.05) is 36.4 Å². The number of hydrogen-bond donors (Lipinski definition) is 2. The van der Waals surface area contributed by atoms with Gasteiger partial charge in [-0.15, -0.1) is 0 Å². The fraction of sp³-hybridized carbons (Fsp3) is 0.316. The molecule has 0 fully saturated rings. The van der Waals surface area contributed by atoms with Crippen molar-refractivity contribution in [3.8, 4) is 5.75 Å². The van der Waals surface area contributed by atoms with Crippen molar-refractivity contribution in [2.45, 2.75) is 18.9 Å². The zero-order chi connectivity index (χ0) is 16.1. The molecule has 2 aromatic rings. The van der Waals surface area contributed by atoms with Gasteiger partial charge in [-0.05, 0) is 49.7 Å². The molecule has 0 aliphatic carbocycles. The minimum atomic E-state index is -0.0234. The topological polar surface area (TPSA) is 50.4 Å². The van der Waals surface area contributed by atoms with Crippen LogP contribution in [-0.2, 0) is 12.8 Å². The van der Waals surface area contributed by atoms with Crippen LogP contribution in [0.15, 0.2) is 48.5 Å². The van der Waals surface area contributed by atoms with Crippen molar-refractivity contribution in [2.75, 3.05) is 20.2 Å². The van der Waals surface area contributed by atoms with E-state index in [1.165, 1.54) is 0 Å². The highest BCUT2D eigenvalue weighted by Gasteiger charge is 2.22. The van der Waals surface area contributed by atoms with E-state index >= 15 is 0 Å². The van der Waals surface area contributed by atoms with E-state index in [1.54, 1.807) is 0 Å². The molecule has 120 valence electrons. The molecule has 0 bridgehead atoms. The molecule has 1 aliphatic rings. The third kappa shape index (κ3) is 3.71. The van der Waals surface area contributed by atoms with Gasteiger partial charge >= 0.3 is 0 Å². The zero-order valence-electron chi connectivity index (χ0n) is 13.3. The van der Waals surface area contributed by atoms with Gasteiger partial charge in [-0.25, -0.2) is 0 Å². The van der Waals surface area contributed by atoms with E-state index in [0.717, 1.165) is 41.8 Å². The molecule has 2 aromatic carbocycles. The Hall–Kier alpha value is -2.33. The maximum atomic E-state index is 12.6. The van der Waals surface area contributed by atoms with Crippen molar-refractivity contribution in [1.82, 2.24) is 10.6 Å². The highest BCUT2D eigenvalue weighted by Crippen LogP contribution is 2.24. The molecular formula is C19H22N2O2. The highest BCUT2D eigenvalue weighted by atomic mass is 16.5. The summed E-state index contributed by atoms with van der Waals surface area (Å²) < 4.78 is 5.74. The largest absolute Gasteiger partial charge is 0.491 e. The molecule has 0 saturated carbocycles. The minimum Gasteiger partial charge on any atom is -0.491 e. The van der Waals surface area contributed by atoms with Gasteiger partial charge in [0.05, 0.1) is 6.04 Å². The van der Waals surface area contributed by atoms with E-state index in [0.29, 0.717) is 6.61 Å². The van der Waals surface area contributed by atoms with Crippen LogP contribution < -0.4 is 15.4 Å². The third-order valence-electron chi connectivity index (χ3n) is 4.12. The molecule has 23 heavy (non-hydrogen) atoms. The van der Waals surface area contributed by atoms with Gasteiger partial charge in [-0.3, -0.25) is 4.79 Å². The molecule has 4 nitrogen and oxygen atoms in total. The molecule has 1 aliphatic heterocycles. The van der Waals surface area contributed by atoms with Crippen LogP contribution in [0.1, 0.15) is 21.5 Å². The molecule has 1 atom stereocenters. The van der Waals surface area contributed by atoms with Crippen molar-refractivity contribution in [3.05, 3.63) is 65.2 Å². The monoisotopic (exact) mass is 310 g/mol. The van der Waals surface area contributed by atoms with Gasteiger partial charge in [0.2, 0.25) is 0 Å². The molecule has 2 N–H and O–H groups in total. The number of amides is 1. The fourth-order valence-corrected chi connectivity index (χ4v) is 2.90. The maximum Gasteiger partial charge on any atom is 0.251 e. The number of para-hydroxylation sites is 1. The summed E-state index contributed by atoms with van der Waals surface area (Å²) in [4.78, 5) is 12.6. The van der Waals surface area contributed by atoms with Crippen molar-refractivity contribution < 1.29 is 9.53 Å². The molecule has 0 saturated heterocycles. The Morgan fingerprint density at radius 3 is 2.83 bits per heavy atom. The number of ether oxygens (including phenoxy) is 1. The Morgan fingerprint density at radius 1 is 1.17 bits per heavy atom. The molecule has 1 heterocycles. The Kier molecular flexibility index (Phi) is 4.93. The van der Waals surface area contributed by atoms with Gasteiger partial charge in [0, 0.05) is 5.56 Å². The van der Waals surface area contributed by atoms with Gasteiger partial charge < -0.3 is 15.4 Å². The van der Waals surface area contributed by atoms with Gasteiger partial charge in [0.25, 0.3) is 5.91 Å². The standard InChI is InChI=1S/C19H22N2O2/c1-20-11-10-14-6-2-4-8-17(14)19(22)21-16-12-15-7-3-5-9-18(15)23-13-16/h2-9,16,20H,10-13H2,1H3,(H,21,22). The van der Waals surface area contributed by atoms with Crippen molar-refractivity contribution in [1.29, 1.82) is 0 Å². The summed E-state index contributed by atoms with van der Waals surface area (Å²) in [6.07, 6.45) is 1.64. The number of hydrogen-bond acceptors (Lipinski definition) is 3. The van der Waals surface area contributed by atoms with E-state index in [4.69, 9.17) is 4.74 Å². The summed E-state index contributed by atoms with van der Waals surface area (Å²) in [5.41, 5.74) is 2.96. The SMILES string of the molecule is CNCCc1ccccc1C(=O)NC1COc2ccccc2C1. The lowest BCUT2D eigenvalue weighted by molar-refractivity contribution is 0.0914. The van der Waals surface area contributed by atoms with Crippen LogP contribution in [0, 0.1) is 0 Å². The number of likely N-dealkylation sites (N-methyl/N-ethyl adjacent to an activating group) is 1. The summed E-state index contributed by atoms with van der Waals surface area (Å²) in [5, 5.41) is 6.23. The number of fused-ring (bicyclic) bond motifs is 1. The van der Waals surface area contributed by atoms with Crippen molar-refractivity contribution >= 4 is 5.91 Å². The summed E-state index contributed by atoms with van der Waals surface area (Å²) in [6, 6.07) is 15.8. The molecule has 1 amide bonds. The molecule has 1 unspecified atom stereocenters. The van der Waals surface area contributed by atoms with Crippen molar-refractivity contribution in [2.24, 2.45) is 0 Å². The first kappa shape index (κ1) is 15.6. The fourth-order valence-electron chi connectivity index (χ4n) is 2.90. The zero-order valence-corrected chi connectivity index (χ0v) is 13.3. The van der Waals surface area contributed by atoms with Gasteiger partial charge in [-0.2, -0.15) is 0 Å². The van der Waals surface area contributed by atoms with Gasteiger partial charge in [0.15, 0.2) is 0 Å². The summed E-state index contributed by atoms with van der Waals surface area (Å²) >= 11 is 0. The smallest absolute Gasteiger partial charge is 0.251 e. The van der Waals surface area contributed by atoms with E-state index < -0.39 is 0 Å². The minimum absolute atomic E-state index is 0.00903. The van der Waals surface area contributed by atoms with Crippen LogP contribution >= 0.6 is 0 Å². The van der Waals surface area contributed by atoms with Gasteiger partial charge in [0.1, 0.15) is 12.4 Å². The Balaban J connectivity index is 1.68. The van der Waals surface area contributed by atoms with E-state index in [9.17, 15) is 4.79 Å².